The molecule has 0 aliphatic rings. The SMILES string of the molecule is CCCCc1nc(C)n(-c2ccc(OC)c(C)c2)c(=O)c1Cc1cccc(-c2ccccc2)c1C#N. The van der Waals surface area contributed by atoms with Gasteiger partial charge in [0, 0.05) is 12.0 Å². The van der Waals surface area contributed by atoms with Crippen molar-refractivity contribution in [3.8, 4) is 28.6 Å². The van der Waals surface area contributed by atoms with Crippen molar-refractivity contribution >= 4 is 0 Å². The van der Waals surface area contributed by atoms with E-state index in [1.807, 2.05) is 80.6 Å². The third kappa shape index (κ3) is 4.94. The molecule has 0 amide bonds. The Hall–Kier alpha value is -4.17. The normalized spacial score (nSPS) is 10.8. The van der Waals surface area contributed by atoms with Crippen molar-refractivity contribution in [2.24, 2.45) is 0 Å². The number of aryl methyl sites for hydroxylation is 3. The van der Waals surface area contributed by atoms with Gasteiger partial charge in [-0.1, -0.05) is 61.9 Å². The molecule has 0 fully saturated rings. The van der Waals surface area contributed by atoms with E-state index in [0.29, 0.717) is 23.4 Å². The molecule has 0 aliphatic heterocycles. The van der Waals surface area contributed by atoms with Gasteiger partial charge >= 0.3 is 0 Å². The van der Waals surface area contributed by atoms with E-state index in [-0.39, 0.29) is 5.56 Å². The first kappa shape index (κ1) is 24.9. The Morgan fingerprint density at radius 1 is 1.03 bits per heavy atom. The maximum atomic E-state index is 14.0. The van der Waals surface area contributed by atoms with E-state index in [4.69, 9.17) is 9.72 Å². The number of rotatable bonds is 8. The van der Waals surface area contributed by atoms with Crippen molar-refractivity contribution in [1.29, 1.82) is 5.26 Å². The molecule has 0 saturated heterocycles. The number of hydrogen-bond acceptors (Lipinski definition) is 4. The van der Waals surface area contributed by atoms with Crippen LogP contribution in [0.5, 0.6) is 5.75 Å². The Balaban J connectivity index is 1.88. The van der Waals surface area contributed by atoms with Gasteiger partial charge in [-0.2, -0.15) is 5.26 Å². The van der Waals surface area contributed by atoms with Crippen LogP contribution in [-0.2, 0) is 12.8 Å². The molecule has 0 saturated carbocycles. The minimum Gasteiger partial charge on any atom is -0.496 e. The van der Waals surface area contributed by atoms with Crippen LogP contribution in [0.15, 0.2) is 71.5 Å². The van der Waals surface area contributed by atoms with Crippen LogP contribution >= 0.6 is 0 Å². The highest BCUT2D eigenvalue weighted by Crippen LogP contribution is 2.28. The monoisotopic (exact) mass is 477 g/mol. The van der Waals surface area contributed by atoms with Crippen LogP contribution in [0.25, 0.3) is 16.8 Å². The number of aromatic nitrogens is 2. The second-order valence-corrected chi connectivity index (χ2v) is 8.98. The largest absolute Gasteiger partial charge is 0.496 e. The van der Waals surface area contributed by atoms with Gasteiger partial charge in [0.1, 0.15) is 17.6 Å². The molecule has 0 atom stereocenters. The van der Waals surface area contributed by atoms with E-state index in [0.717, 1.165) is 58.6 Å². The molecular formula is C31H31N3O2. The maximum Gasteiger partial charge on any atom is 0.261 e. The van der Waals surface area contributed by atoms with Gasteiger partial charge < -0.3 is 4.74 Å². The summed E-state index contributed by atoms with van der Waals surface area (Å²) in [5, 5.41) is 10.1. The zero-order valence-electron chi connectivity index (χ0n) is 21.3. The Labute approximate surface area is 212 Å². The molecule has 0 aliphatic carbocycles. The molecule has 4 rings (SSSR count). The maximum absolute atomic E-state index is 14.0. The number of ether oxygens (including phenoxy) is 1. The molecule has 0 unspecified atom stereocenters. The molecule has 0 radical (unpaired) electrons. The highest BCUT2D eigenvalue weighted by atomic mass is 16.5. The molecule has 3 aromatic carbocycles. The average molecular weight is 478 g/mol. The number of methoxy groups -OCH3 is 1. The molecular weight excluding hydrogens is 446 g/mol. The molecule has 182 valence electrons. The fourth-order valence-corrected chi connectivity index (χ4v) is 4.68. The molecule has 5 heteroatoms. The van der Waals surface area contributed by atoms with Gasteiger partial charge in [-0.15, -0.1) is 0 Å². The molecule has 5 nitrogen and oxygen atoms in total. The Morgan fingerprint density at radius 2 is 1.81 bits per heavy atom. The highest BCUT2D eigenvalue weighted by Gasteiger charge is 2.19. The Morgan fingerprint density at radius 3 is 2.47 bits per heavy atom. The van der Waals surface area contributed by atoms with Crippen molar-refractivity contribution in [1.82, 2.24) is 9.55 Å². The van der Waals surface area contributed by atoms with E-state index in [9.17, 15) is 10.1 Å². The van der Waals surface area contributed by atoms with Crippen molar-refractivity contribution in [2.75, 3.05) is 7.11 Å². The molecule has 1 aromatic heterocycles. The van der Waals surface area contributed by atoms with Crippen molar-refractivity contribution in [3.05, 3.63) is 111 Å². The minimum absolute atomic E-state index is 0.0906. The smallest absolute Gasteiger partial charge is 0.261 e. The van der Waals surface area contributed by atoms with E-state index >= 15 is 0 Å². The highest BCUT2D eigenvalue weighted by molar-refractivity contribution is 5.72. The van der Waals surface area contributed by atoms with Gasteiger partial charge in [-0.3, -0.25) is 9.36 Å². The van der Waals surface area contributed by atoms with Crippen molar-refractivity contribution in [2.45, 2.75) is 46.5 Å². The zero-order chi connectivity index (χ0) is 25.7. The summed E-state index contributed by atoms with van der Waals surface area (Å²) >= 11 is 0. The standard InChI is InChI=1S/C31H31N3O2/c1-5-6-15-29-27(19-24-13-10-14-26(28(24)20-32)23-11-8-7-9-12-23)31(35)34(22(3)33-29)25-16-17-30(36-4)21(2)18-25/h7-14,16-18H,5-6,15,19H2,1-4H3. The van der Waals surface area contributed by atoms with Gasteiger partial charge in [0.2, 0.25) is 0 Å². The van der Waals surface area contributed by atoms with Crippen LogP contribution in [0.3, 0.4) is 0 Å². The average Bonchev–Trinajstić information content (AvgIpc) is 2.89. The first-order valence-electron chi connectivity index (χ1n) is 12.3. The van der Waals surface area contributed by atoms with Gasteiger partial charge in [-0.25, -0.2) is 4.98 Å². The summed E-state index contributed by atoms with van der Waals surface area (Å²) in [7, 11) is 1.64. The summed E-state index contributed by atoms with van der Waals surface area (Å²) in [6.07, 6.45) is 3.03. The number of benzene rings is 3. The lowest BCUT2D eigenvalue weighted by atomic mass is 9.92. The summed E-state index contributed by atoms with van der Waals surface area (Å²) in [4.78, 5) is 18.9. The first-order chi connectivity index (χ1) is 17.5. The van der Waals surface area contributed by atoms with Crippen LogP contribution in [0.1, 0.15) is 53.5 Å². The number of nitriles is 1. The third-order valence-electron chi connectivity index (χ3n) is 6.55. The molecule has 36 heavy (non-hydrogen) atoms. The van der Waals surface area contributed by atoms with Gasteiger partial charge in [0.15, 0.2) is 0 Å². The lowest BCUT2D eigenvalue weighted by Crippen LogP contribution is -2.28. The quantitative estimate of drug-likeness (QED) is 0.297. The topological polar surface area (TPSA) is 67.9 Å². The van der Waals surface area contributed by atoms with Gasteiger partial charge in [0.25, 0.3) is 5.56 Å². The molecule has 0 bridgehead atoms. The van der Waals surface area contributed by atoms with Crippen molar-refractivity contribution in [3.63, 3.8) is 0 Å². The first-order valence-corrected chi connectivity index (χ1v) is 12.3. The fraction of sp³-hybridized carbons (Fsp3) is 0.258. The summed E-state index contributed by atoms with van der Waals surface area (Å²) < 4.78 is 7.07. The van der Waals surface area contributed by atoms with Crippen LogP contribution in [0, 0.1) is 25.2 Å². The zero-order valence-corrected chi connectivity index (χ0v) is 21.3. The van der Waals surface area contributed by atoms with Crippen LogP contribution in [0.2, 0.25) is 0 Å². The van der Waals surface area contributed by atoms with E-state index in [1.54, 1.807) is 11.7 Å². The van der Waals surface area contributed by atoms with Crippen LogP contribution < -0.4 is 10.3 Å². The molecule has 0 N–H and O–H groups in total. The van der Waals surface area contributed by atoms with E-state index < -0.39 is 0 Å². The summed E-state index contributed by atoms with van der Waals surface area (Å²) in [5.74, 6) is 1.42. The molecule has 1 heterocycles. The van der Waals surface area contributed by atoms with Crippen LogP contribution in [0.4, 0.5) is 0 Å². The fourth-order valence-electron chi connectivity index (χ4n) is 4.68. The number of unbranched alkanes of at least 4 members (excludes halogenated alkanes) is 1. The van der Waals surface area contributed by atoms with Gasteiger partial charge in [0.05, 0.1) is 24.1 Å². The summed E-state index contributed by atoms with van der Waals surface area (Å²) in [6.45, 7) is 5.96. The van der Waals surface area contributed by atoms with E-state index in [2.05, 4.69) is 13.0 Å². The minimum atomic E-state index is -0.0906. The lowest BCUT2D eigenvalue weighted by molar-refractivity contribution is 0.411. The second kappa shape index (κ2) is 11.0. The summed E-state index contributed by atoms with van der Waals surface area (Å²) in [5.41, 5.74) is 6.34. The Kier molecular flexibility index (Phi) is 7.65. The van der Waals surface area contributed by atoms with Gasteiger partial charge in [-0.05, 0) is 67.1 Å². The third-order valence-corrected chi connectivity index (χ3v) is 6.55. The van der Waals surface area contributed by atoms with Crippen molar-refractivity contribution < 1.29 is 4.74 Å². The van der Waals surface area contributed by atoms with Crippen LogP contribution in [-0.4, -0.2) is 16.7 Å². The summed E-state index contributed by atoms with van der Waals surface area (Å²) in [6, 6.07) is 23.8. The molecule has 4 aromatic rings. The number of hydrogen-bond donors (Lipinski definition) is 0. The lowest BCUT2D eigenvalue weighted by Gasteiger charge is -2.17. The predicted octanol–water partition coefficient (Wildman–Crippen LogP) is 6.33. The van der Waals surface area contributed by atoms with E-state index in [1.165, 1.54) is 0 Å². The predicted molar refractivity (Wildman–Crippen MR) is 144 cm³/mol. The molecule has 0 spiro atoms. The number of nitrogens with zero attached hydrogens (tertiary/aromatic N) is 3. The second-order valence-electron chi connectivity index (χ2n) is 8.98. The Bertz CT molecular complexity index is 1480.